The highest BCUT2D eigenvalue weighted by molar-refractivity contribution is 5.65. The number of pyridine rings is 1. The molecule has 0 aliphatic rings. The second-order valence-electron chi connectivity index (χ2n) is 4.77. The second-order valence-corrected chi connectivity index (χ2v) is 4.77. The van der Waals surface area contributed by atoms with Crippen molar-refractivity contribution in [1.82, 2.24) is 19.7 Å². The van der Waals surface area contributed by atoms with Crippen LogP contribution in [0.25, 0.3) is 17.2 Å². The van der Waals surface area contributed by atoms with E-state index in [2.05, 4.69) is 15.1 Å². The molecular formula is C15H11F3N4O2. The minimum Gasteiger partial charge on any atom is -0.507 e. The van der Waals surface area contributed by atoms with Gasteiger partial charge in [-0.2, -0.15) is 13.2 Å². The van der Waals surface area contributed by atoms with Crippen LogP contribution in [0.4, 0.5) is 13.2 Å². The maximum absolute atomic E-state index is 13.1. The Morgan fingerprint density at radius 2 is 1.96 bits per heavy atom. The van der Waals surface area contributed by atoms with Crippen molar-refractivity contribution in [2.45, 2.75) is 6.18 Å². The molecule has 0 aliphatic carbocycles. The summed E-state index contributed by atoms with van der Waals surface area (Å²) in [5, 5.41) is 13.9. The number of phenols is 1. The van der Waals surface area contributed by atoms with Crippen molar-refractivity contribution in [3.05, 3.63) is 48.4 Å². The van der Waals surface area contributed by atoms with Gasteiger partial charge in [0.2, 0.25) is 0 Å². The van der Waals surface area contributed by atoms with E-state index in [0.29, 0.717) is 5.75 Å². The summed E-state index contributed by atoms with van der Waals surface area (Å²) >= 11 is 0. The maximum Gasteiger partial charge on any atom is 0.420 e. The van der Waals surface area contributed by atoms with Gasteiger partial charge in [0.1, 0.15) is 23.4 Å². The van der Waals surface area contributed by atoms with Gasteiger partial charge in [-0.25, -0.2) is 14.6 Å². The number of aromatic hydroxyl groups is 1. The smallest absolute Gasteiger partial charge is 0.420 e. The zero-order chi connectivity index (χ0) is 17.3. The van der Waals surface area contributed by atoms with Crippen molar-refractivity contribution in [2.24, 2.45) is 0 Å². The SMILES string of the molecule is COc1ccc(O)c(-c2ncn(-c3ncccc3C(F)(F)F)n2)c1. The standard InChI is InChI=1S/C15H11F3N4O2/c1-24-9-4-5-12(23)10(7-9)13-20-8-22(21-13)14-11(15(16,17)18)3-2-6-19-14/h2-8,23H,1H3. The average molecular weight is 336 g/mol. The van der Waals surface area contributed by atoms with Gasteiger partial charge in [0, 0.05) is 6.20 Å². The number of benzene rings is 1. The van der Waals surface area contributed by atoms with E-state index in [0.717, 1.165) is 17.1 Å². The molecule has 0 atom stereocenters. The lowest BCUT2D eigenvalue weighted by molar-refractivity contribution is -0.137. The Morgan fingerprint density at radius 3 is 2.67 bits per heavy atom. The van der Waals surface area contributed by atoms with Crippen LogP contribution in [0.15, 0.2) is 42.9 Å². The summed E-state index contributed by atoms with van der Waals surface area (Å²) in [6, 6.07) is 6.51. The van der Waals surface area contributed by atoms with Crippen LogP contribution >= 0.6 is 0 Å². The van der Waals surface area contributed by atoms with Crippen molar-refractivity contribution in [2.75, 3.05) is 7.11 Å². The van der Waals surface area contributed by atoms with Gasteiger partial charge in [0.05, 0.1) is 12.7 Å². The van der Waals surface area contributed by atoms with Gasteiger partial charge in [-0.15, -0.1) is 5.10 Å². The van der Waals surface area contributed by atoms with Crippen molar-refractivity contribution in [1.29, 1.82) is 0 Å². The molecule has 0 saturated heterocycles. The van der Waals surface area contributed by atoms with Crippen LogP contribution in [0.1, 0.15) is 5.56 Å². The van der Waals surface area contributed by atoms with Crippen molar-refractivity contribution in [3.63, 3.8) is 0 Å². The number of ether oxygens (including phenoxy) is 1. The molecule has 1 N–H and O–H groups in total. The molecule has 0 spiro atoms. The van der Waals surface area contributed by atoms with E-state index in [1.165, 1.54) is 37.6 Å². The predicted octanol–water partition coefficient (Wildman–Crippen LogP) is 3.06. The summed E-state index contributed by atoms with van der Waals surface area (Å²) in [4.78, 5) is 7.68. The van der Waals surface area contributed by atoms with Gasteiger partial charge in [0.15, 0.2) is 11.6 Å². The van der Waals surface area contributed by atoms with Gasteiger partial charge in [-0.05, 0) is 30.3 Å². The van der Waals surface area contributed by atoms with E-state index >= 15 is 0 Å². The Bertz CT molecular complexity index is 877. The molecule has 0 fully saturated rings. The topological polar surface area (TPSA) is 73.1 Å². The Hall–Kier alpha value is -3.10. The minimum absolute atomic E-state index is 0.0465. The first-order chi connectivity index (χ1) is 11.4. The van der Waals surface area contributed by atoms with E-state index in [1.54, 1.807) is 0 Å². The Labute approximate surface area is 134 Å². The van der Waals surface area contributed by atoms with Crippen molar-refractivity contribution >= 4 is 0 Å². The van der Waals surface area contributed by atoms with Crippen LogP contribution in [0.5, 0.6) is 11.5 Å². The Balaban J connectivity index is 2.07. The molecule has 6 nitrogen and oxygen atoms in total. The van der Waals surface area contributed by atoms with Crippen LogP contribution in [-0.2, 0) is 6.18 Å². The normalized spacial score (nSPS) is 11.5. The summed E-state index contributed by atoms with van der Waals surface area (Å²) < 4.78 is 45.2. The number of rotatable bonds is 3. The largest absolute Gasteiger partial charge is 0.507 e. The molecule has 3 rings (SSSR count). The summed E-state index contributed by atoms with van der Waals surface area (Å²) in [6.07, 6.45) is -2.24. The number of aromatic nitrogens is 4. The summed E-state index contributed by atoms with van der Waals surface area (Å²) in [7, 11) is 1.45. The molecule has 24 heavy (non-hydrogen) atoms. The fourth-order valence-electron chi connectivity index (χ4n) is 2.11. The zero-order valence-corrected chi connectivity index (χ0v) is 12.3. The van der Waals surface area contributed by atoms with Crippen LogP contribution in [0, 0.1) is 0 Å². The van der Waals surface area contributed by atoms with Gasteiger partial charge < -0.3 is 9.84 Å². The first-order valence-corrected chi connectivity index (χ1v) is 6.72. The van der Waals surface area contributed by atoms with Crippen LogP contribution in [0.2, 0.25) is 0 Å². The lowest BCUT2D eigenvalue weighted by Gasteiger charge is -2.10. The number of nitrogens with zero attached hydrogens (tertiary/aromatic N) is 4. The van der Waals surface area contributed by atoms with E-state index in [1.807, 2.05) is 0 Å². The molecule has 2 aromatic heterocycles. The molecule has 9 heteroatoms. The molecular weight excluding hydrogens is 325 g/mol. The quantitative estimate of drug-likeness (QED) is 0.796. The zero-order valence-electron chi connectivity index (χ0n) is 12.3. The molecule has 0 saturated carbocycles. The molecule has 0 bridgehead atoms. The summed E-state index contributed by atoms with van der Waals surface area (Å²) in [6.45, 7) is 0. The molecule has 2 heterocycles. The van der Waals surface area contributed by atoms with Crippen LogP contribution in [-0.4, -0.2) is 32.0 Å². The van der Waals surface area contributed by atoms with Crippen molar-refractivity contribution in [3.8, 4) is 28.7 Å². The fraction of sp³-hybridized carbons (Fsp3) is 0.133. The predicted molar refractivity (Wildman–Crippen MR) is 77.8 cm³/mol. The molecule has 1 aromatic carbocycles. The third-order valence-corrected chi connectivity index (χ3v) is 3.25. The minimum atomic E-state index is -4.58. The third kappa shape index (κ3) is 2.87. The average Bonchev–Trinajstić information content (AvgIpc) is 3.04. The molecule has 0 radical (unpaired) electrons. The monoisotopic (exact) mass is 336 g/mol. The molecule has 3 aromatic rings. The van der Waals surface area contributed by atoms with E-state index in [-0.39, 0.29) is 17.1 Å². The fourth-order valence-corrected chi connectivity index (χ4v) is 2.11. The maximum atomic E-state index is 13.1. The number of hydrogen-bond donors (Lipinski definition) is 1. The molecule has 0 aliphatic heterocycles. The molecule has 0 amide bonds. The lowest BCUT2D eigenvalue weighted by Crippen LogP contribution is -2.12. The van der Waals surface area contributed by atoms with Crippen LogP contribution < -0.4 is 4.74 Å². The van der Waals surface area contributed by atoms with Gasteiger partial charge in [0.25, 0.3) is 0 Å². The van der Waals surface area contributed by atoms with Crippen molar-refractivity contribution < 1.29 is 23.0 Å². The number of halogens is 3. The Morgan fingerprint density at radius 1 is 1.17 bits per heavy atom. The van der Waals surface area contributed by atoms with Gasteiger partial charge in [-0.1, -0.05) is 0 Å². The van der Waals surface area contributed by atoms with Gasteiger partial charge >= 0.3 is 6.18 Å². The number of methoxy groups -OCH3 is 1. The number of phenolic OH excluding ortho intramolecular Hbond substituents is 1. The third-order valence-electron chi connectivity index (χ3n) is 3.25. The number of hydrogen-bond acceptors (Lipinski definition) is 5. The van der Waals surface area contributed by atoms with E-state index < -0.39 is 17.6 Å². The highest BCUT2D eigenvalue weighted by atomic mass is 19.4. The van der Waals surface area contributed by atoms with E-state index in [9.17, 15) is 18.3 Å². The summed E-state index contributed by atoms with van der Waals surface area (Å²) in [5.41, 5.74) is -0.700. The highest BCUT2D eigenvalue weighted by Crippen LogP contribution is 2.33. The Kier molecular flexibility index (Phi) is 3.84. The molecule has 124 valence electrons. The number of alkyl halides is 3. The van der Waals surface area contributed by atoms with E-state index in [4.69, 9.17) is 4.74 Å². The second kappa shape index (κ2) is 5.84. The highest BCUT2D eigenvalue weighted by Gasteiger charge is 2.35. The summed E-state index contributed by atoms with van der Waals surface area (Å²) in [5.74, 6) is -0.0186. The first kappa shape index (κ1) is 15.8. The van der Waals surface area contributed by atoms with Crippen LogP contribution in [0.3, 0.4) is 0 Å². The first-order valence-electron chi connectivity index (χ1n) is 6.72. The molecule has 0 unspecified atom stereocenters. The van der Waals surface area contributed by atoms with Gasteiger partial charge in [-0.3, -0.25) is 0 Å². The lowest BCUT2D eigenvalue weighted by atomic mass is 10.2.